The van der Waals surface area contributed by atoms with Gasteiger partial charge in [0.2, 0.25) is 5.75 Å². The van der Waals surface area contributed by atoms with Crippen LogP contribution >= 0.6 is 15.9 Å². The van der Waals surface area contributed by atoms with Crippen molar-refractivity contribution in [2.45, 2.75) is 19.4 Å². The van der Waals surface area contributed by atoms with E-state index in [-0.39, 0.29) is 51.3 Å². The number of methoxy groups -OCH3 is 1. The highest BCUT2D eigenvalue weighted by molar-refractivity contribution is 9.10. The Bertz CT molecular complexity index is 1020. The molecule has 2 bridgehead atoms. The van der Waals surface area contributed by atoms with Gasteiger partial charge in [-0.2, -0.15) is 10.1 Å². The standard InChI is InChI=1S/C20H18BrN3O7/c1-9(20(27)30-2)31-17-13(21)5-10(6-14(17)24(28)29)8-22-23-18(25)15-11-3-4-12(7-11)16(15)19(23)26/h3-6,8-9,11-12,15-16H,7H2,1-2H3/t9-,11-,12-,15-,16+/m0/s1. The van der Waals surface area contributed by atoms with E-state index in [9.17, 15) is 24.5 Å². The van der Waals surface area contributed by atoms with Gasteiger partial charge in [0.25, 0.3) is 11.8 Å². The minimum atomic E-state index is -1.07. The van der Waals surface area contributed by atoms with Gasteiger partial charge in [-0.1, -0.05) is 12.2 Å². The van der Waals surface area contributed by atoms with Crippen molar-refractivity contribution in [3.05, 3.63) is 44.4 Å². The fourth-order valence-electron chi connectivity index (χ4n) is 4.44. The third-order valence-electron chi connectivity index (χ3n) is 5.84. The molecule has 10 nitrogen and oxygen atoms in total. The van der Waals surface area contributed by atoms with Gasteiger partial charge in [-0.3, -0.25) is 19.7 Å². The number of carbonyl (C=O) groups is 3. The lowest BCUT2D eigenvalue weighted by atomic mass is 9.85. The molecule has 1 saturated carbocycles. The number of hydrazone groups is 1. The predicted molar refractivity (Wildman–Crippen MR) is 110 cm³/mol. The van der Waals surface area contributed by atoms with Gasteiger partial charge in [0.05, 0.1) is 34.6 Å². The molecular formula is C20H18BrN3O7. The molecule has 2 fully saturated rings. The van der Waals surface area contributed by atoms with Gasteiger partial charge >= 0.3 is 11.7 Å². The number of nitrogens with zero attached hydrogens (tertiary/aromatic N) is 3. The Morgan fingerprint density at radius 2 is 1.90 bits per heavy atom. The van der Waals surface area contributed by atoms with Crippen molar-refractivity contribution in [1.82, 2.24) is 5.01 Å². The highest BCUT2D eigenvalue weighted by atomic mass is 79.9. The number of benzene rings is 1. The lowest BCUT2D eigenvalue weighted by molar-refractivity contribution is -0.386. The molecule has 5 atom stereocenters. The Labute approximate surface area is 185 Å². The summed E-state index contributed by atoms with van der Waals surface area (Å²) in [6.45, 7) is 1.40. The zero-order valence-electron chi connectivity index (χ0n) is 16.6. The first kappa shape index (κ1) is 21.2. The van der Waals surface area contributed by atoms with E-state index in [4.69, 9.17) is 4.74 Å². The van der Waals surface area contributed by atoms with Gasteiger partial charge in [0.15, 0.2) is 6.10 Å². The summed E-state index contributed by atoms with van der Waals surface area (Å²) in [5.41, 5.74) is -0.139. The average molecular weight is 492 g/mol. The molecule has 1 aromatic rings. The number of esters is 1. The molecule has 2 amide bonds. The predicted octanol–water partition coefficient (Wildman–Crippen LogP) is 2.44. The van der Waals surface area contributed by atoms with Crippen LogP contribution in [0.25, 0.3) is 0 Å². The molecule has 162 valence electrons. The van der Waals surface area contributed by atoms with Gasteiger partial charge in [-0.15, -0.1) is 0 Å². The number of hydrogen-bond donors (Lipinski definition) is 0. The van der Waals surface area contributed by atoms with Crippen molar-refractivity contribution in [2.75, 3.05) is 7.11 Å². The maximum atomic E-state index is 12.7. The number of allylic oxidation sites excluding steroid dienone is 2. The normalized spacial score (nSPS) is 27.1. The monoisotopic (exact) mass is 491 g/mol. The minimum Gasteiger partial charge on any atom is -0.471 e. The van der Waals surface area contributed by atoms with Crippen LogP contribution in [0.4, 0.5) is 5.69 Å². The lowest BCUT2D eigenvalue weighted by Crippen LogP contribution is -2.28. The van der Waals surface area contributed by atoms with E-state index in [1.807, 2.05) is 12.2 Å². The highest BCUT2D eigenvalue weighted by Crippen LogP contribution is 2.52. The minimum absolute atomic E-state index is 0.0649. The Hall–Kier alpha value is -3.08. The van der Waals surface area contributed by atoms with Crippen LogP contribution in [0, 0.1) is 33.8 Å². The second-order valence-corrected chi connectivity index (χ2v) is 8.48. The van der Waals surface area contributed by atoms with Crippen LogP contribution in [0.5, 0.6) is 5.75 Å². The third-order valence-corrected chi connectivity index (χ3v) is 6.43. The number of hydrogen-bond acceptors (Lipinski definition) is 8. The number of nitro benzene ring substituents is 1. The van der Waals surface area contributed by atoms with E-state index < -0.39 is 22.7 Å². The van der Waals surface area contributed by atoms with Crippen LogP contribution in [-0.2, 0) is 19.1 Å². The largest absolute Gasteiger partial charge is 0.471 e. The SMILES string of the molecule is COC(=O)[C@H](C)Oc1c(Br)cc(C=NN2C(=O)[C@@H]3[C@H](C2=O)[C@H]2C=C[C@H]3C2)cc1[N+](=O)[O-]. The van der Waals surface area contributed by atoms with Crippen LogP contribution < -0.4 is 4.74 Å². The number of ether oxygens (including phenoxy) is 2. The molecule has 3 aliphatic rings. The zero-order chi connectivity index (χ0) is 22.4. The van der Waals surface area contributed by atoms with Gasteiger partial charge in [-0.05, 0) is 47.2 Å². The van der Waals surface area contributed by atoms with Crippen molar-refractivity contribution < 1.29 is 28.8 Å². The molecule has 31 heavy (non-hydrogen) atoms. The molecule has 0 spiro atoms. The number of carbonyl (C=O) groups excluding carboxylic acids is 3. The van der Waals surface area contributed by atoms with Gasteiger partial charge in [0, 0.05) is 11.6 Å². The van der Waals surface area contributed by atoms with E-state index in [0.717, 1.165) is 11.4 Å². The fourth-order valence-corrected chi connectivity index (χ4v) is 5.00. The summed E-state index contributed by atoms with van der Waals surface area (Å²) in [7, 11) is 1.18. The smallest absolute Gasteiger partial charge is 0.346 e. The number of fused-ring (bicyclic) bond motifs is 5. The fraction of sp³-hybridized carbons (Fsp3) is 0.400. The molecule has 2 aliphatic carbocycles. The highest BCUT2D eigenvalue weighted by Gasteiger charge is 2.59. The van der Waals surface area contributed by atoms with Crippen LogP contribution in [0.2, 0.25) is 0 Å². The van der Waals surface area contributed by atoms with Gasteiger partial charge < -0.3 is 9.47 Å². The summed E-state index contributed by atoms with van der Waals surface area (Å²) in [5, 5.41) is 16.4. The third kappa shape index (κ3) is 3.52. The molecule has 1 aromatic carbocycles. The molecule has 0 aromatic heterocycles. The van der Waals surface area contributed by atoms with Crippen LogP contribution in [0.15, 0.2) is 33.9 Å². The summed E-state index contributed by atoms with van der Waals surface area (Å²) in [6.07, 6.45) is 4.94. The first-order chi connectivity index (χ1) is 14.7. The molecule has 1 heterocycles. The van der Waals surface area contributed by atoms with Gasteiger partial charge in [-0.25, -0.2) is 4.79 Å². The Morgan fingerprint density at radius 1 is 1.29 bits per heavy atom. The molecule has 11 heteroatoms. The molecule has 0 unspecified atom stereocenters. The molecule has 0 radical (unpaired) electrons. The lowest BCUT2D eigenvalue weighted by Gasteiger charge is -2.14. The maximum Gasteiger partial charge on any atom is 0.346 e. The van der Waals surface area contributed by atoms with E-state index in [0.29, 0.717) is 0 Å². The second-order valence-electron chi connectivity index (χ2n) is 7.62. The summed E-state index contributed by atoms with van der Waals surface area (Å²) < 4.78 is 10.2. The van der Waals surface area contributed by atoms with E-state index in [1.165, 1.54) is 32.4 Å². The Balaban J connectivity index is 1.59. The van der Waals surface area contributed by atoms with Crippen molar-refractivity contribution in [3.8, 4) is 5.75 Å². The second kappa shape index (κ2) is 7.88. The number of nitro groups is 1. The van der Waals surface area contributed by atoms with Crippen LogP contribution in [0.3, 0.4) is 0 Å². The molecule has 1 saturated heterocycles. The first-order valence-electron chi connectivity index (χ1n) is 9.55. The van der Waals surface area contributed by atoms with Crippen LogP contribution in [-0.4, -0.2) is 47.1 Å². The number of imide groups is 1. The van der Waals surface area contributed by atoms with E-state index in [1.54, 1.807) is 0 Å². The number of amides is 2. The van der Waals surface area contributed by atoms with Crippen molar-refractivity contribution in [3.63, 3.8) is 0 Å². The van der Waals surface area contributed by atoms with E-state index >= 15 is 0 Å². The summed E-state index contributed by atoms with van der Waals surface area (Å²) in [4.78, 5) is 47.9. The Kier molecular flexibility index (Phi) is 5.38. The van der Waals surface area contributed by atoms with E-state index in [2.05, 4.69) is 25.8 Å². The van der Waals surface area contributed by atoms with Crippen molar-refractivity contribution >= 4 is 45.6 Å². The van der Waals surface area contributed by atoms with Crippen molar-refractivity contribution in [1.29, 1.82) is 0 Å². The number of rotatable bonds is 6. The molecule has 4 rings (SSSR count). The zero-order valence-corrected chi connectivity index (χ0v) is 18.1. The summed E-state index contributed by atoms with van der Waals surface area (Å²) >= 11 is 3.21. The topological polar surface area (TPSA) is 128 Å². The van der Waals surface area contributed by atoms with Crippen LogP contribution in [0.1, 0.15) is 18.9 Å². The first-order valence-corrected chi connectivity index (χ1v) is 10.3. The van der Waals surface area contributed by atoms with Gasteiger partial charge in [0.1, 0.15) is 0 Å². The maximum absolute atomic E-state index is 12.7. The average Bonchev–Trinajstić information content (AvgIpc) is 3.41. The summed E-state index contributed by atoms with van der Waals surface area (Å²) in [6, 6.07) is 2.66. The quantitative estimate of drug-likeness (QED) is 0.149. The molecular weight excluding hydrogens is 474 g/mol. The molecule has 0 N–H and O–H groups in total. The van der Waals surface area contributed by atoms with Crippen molar-refractivity contribution in [2.24, 2.45) is 28.8 Å². The summed E-state index contributed by atoms with van der Waals surface area (Å²) in [5.74, 6) is -2.15. The number of halogens is 1. The Morgan fingerprint density at radius 3 is 2.45 bits per heavy atom. The molecule has 1 aliphatic heterocycles.